The second-order valence-corrected chi connectivity index (χ2v) is 9.18. The summed E-state index contributed by atoms with van der Waals surface area (Å²) in [7, 11) is 0. The van der Waals surface area contributed by atoms with Crippen molar-refractivity contribution < 1.29 is 36.4 Å². The number of benzene rings is 2. The van der Waals surface area contributed by atoms with Crippen molar-refractivity contribution in [2.24, 2.45) is 0 Å². The zero-order valence-electron chi connectivity index (χ0n) is 20.9. The number of pyridine rings is 2. The molecule has 5 rings (SSSR count). The Labute approximate surface area is 237 Å². The summed E-state index contributed by atoms with van der Waals surface area (Å²) in [6.45, 7) is 4.29. The van der Waals surface area contributed by atoms with Crippen LogP contribution in [0.4, 0.5) is 0 Å². The van der Waals surface area contributed by atoms with Gasteiger partial charge in [-0.2, -0.15) is 12.1 Å². The van der Waals surface area contributed by atoms with Gasteiger partial charge in [-0.05, 0) is 54.8 Å². The molecule has 1 aliphatic rings. The maximum atomic E-state index is 10.2. The number of hydrogen-bond donors (Lipinski definition) is 1. The molecule has 0 aliphatic heterocycles. The molecule has 2 heterocycles. The molecular weight excluding hydrogens is 671 g/mol. The number of rotatable bonds is 2. The van der Waals surface area contributed by atoms with Gasteiger partial charge in [-0.15, -0.1) is 0 Å². The number of carbonyl (C=O) groups is 1. The molecule has 2 aromatic heterocycles. The van der Waals surface area contributed by atoms with Crippen LogP contribution in [0.3, 0.4) is 0 Å². The van der Waals surface area contributed by atoms with Crippen LogP contribution in [0.2, 0.25) is 5.02 Å². The smallest absolute Gasteiger partial charge is 0.676 e. The SMILES string of the molecule is Cc1c(C)c2cccnc2c2ncccc12.O.O=C(O)Cc1ccc(Cl)cc1.[NH-]C1CCCC[C@@H]1[NH-].[Pt+2]. The van der Waals surface area contributed by atoms with Crippen LogP contribution in [-0.2, 0) is 32.3 Å². The molecule has 9 heteroatoms. The van der Waals surface area contributed by atoms with E-state index in [2.05, 4.69) is 35.9 Å². The molecule has 2 atom stereocenters. The minimum absolute atomic E-state index is 0. The van der Waals surface area contributed by atoms with Gasteiger partial charge in [0.05, 0.1) is 17.5 Å². The predicted octanol–water partition coefficient (Wildman–Crippen LogP) is 6.94. The van der Waals surface area contributed by atoms with Gasteiger partial charge in [-0.25, -0.2) is 0 Å². The van der Waals surface area contributed by atoms with Gasteiger partial charge >= 0.3 is 27.0 Å². The van der Waals surface area contributed by atoms with Crippen LogP contribution in [0.5, 0.6) is 0 Å². The fourth-order valence-corrected chi connectivity index (χ4v) is 4.23. The molecule has 1 fully saturated rings. The topological polar surface area (TPSA) is 142 Å². The number of halogens is 1. The number of nitrogens with zero attached hydrogens (tertiary/aromatic N) is 2. The van der Waals surface area contributed by atoms with E-state index < -0.39 is 5.97 Å². The largest absolute Gasteiger partial charge is 2.00 e. The van der Waals surface area contributed by atoms with Crippen LogP contribution in [0.15, 0.2) is 60.9 Å². The summed E-state index contributed by atoms with van der Waals surface area (Å²) in [5.74, 6) is -0.827. The molecule has 0 amide bonds. The second kappa shape index (κ2) is 15.8. The van der Waals surface area contributed by atoms with Crippen molar-refractivity contribution in [3.8, 4) is 0 Å². The molecule has 0 saturated heterocycles. The van der Waals surface area contributed by atoms with Crippen LogP contribution in [-0.4, -0.2) is 38.6 Å². The Kier molecular flexibility index (Phi) is 13.9. The molecule has 0 radical (unpaired) electrons. The number of carboxylic acid groups (broad SMARTS) is 1. The monoisotopic (exact) mass is 703 g/mol. The molecule has 7 nitrogen and oxygen atoms in total. The predicted molar refractivity (Wildman–Crippen MR) is 148 cm³/mol. The third kappa shape index (κ3) is 9.13. The van der Waals surface area contributed by atoms with Gasteiger partial charge in [0.15, 0.2) is 0 Å². The number of aromatic nitrogens is 2. The molecule has 1 saturated carbocycles. The summed E-state index contributed by atoms with van der Waals surface area (Å²) in [5, 5.41) is 11.4. The first kappa shape index (κ1) is 32.6. The average Bonchev–Trinajstić information content (AvgIpc) is 2.86. The molecule has 1 unspecified atom stereocenters. The molecule has 5 N–H and O–H groups in total. The summed E-state index contributed by atoms with van der Waals surface area (Å²) in [6.07, 6.45) is 7.95. The van der Waals surface area contributed by atoms with E-state index in [0.29, 0.717) is 5.02 Å². The van der Waals surface area contributed by atoms with E-state index in [1.165, 1.54) is 34.7 Å². The molecule has 1 aliphatic carbocycles. The van der Waals surface area contributed by atoms with Crippen molar-refractivity contribution in [3.63, 3.8) is 0 Å². The van der Waals surface area contributed by atoms with E-state index >= 15 is 0 Å². The summed E-state index contributed by atoms with van der Waals surface area (Å²) >= 11 is 5.60. The zero-order chi connectivity index (χ0) is 25.4. The van der Waals surface area contributed by atoms with E-state index in [-0.39, 0.29) is 45.0 Å². The maximum absolute atomic E-state index is 10.2. The molecule has 200 valence electrons. The first-order valence-electron chi connectivity index (χ1n) is 11.7. The van der Waals surface area contributed by atoms with Gasteiger partial charge in [0.2, 0.25) is 0 Å². The van der Waals surface area contributed by atoms with E-state index in [0.717, 1.165) is 29.4 Å². The standard InChI is InChI=1S/C14H12N2.C8H7ClO2.C6H12N2.H2O.Pt/c1-9-10(2)12-6-4-8-16-14(12)13-11(9)5-3-7-15-13;9-7-3-1-6(2-4-7)5-8(10)11;7-5-3-1-2-4-6(5)8;;/h3-8H,1-2H3;1-4H,5H2,(H,10,11);5-8H,1-4H2;1H2;/q;;-2;;+2/t;;5-,6?;;/m..0../s1. The third-order valence-corrected chi connectivity index (χ3v) is 6.50. The van der Waals surface area contributed by atoms with Crippen LogP contribution < -0.4 is 0 Å². The molecular formula is C28H33ClN4O3Pt. The molecule has 37 heavy (non-hydrogen) atoms. The average molecular weight is 704 g/mol. The van der Waals surface area contributed by atoms with Crippen LogP contribution in [0.1, 0.15) is 42.4 Å². The van der Waals surface area contributed by atoms with Crippen molar-refractivity contribution in [2.45, 2.75) is 58.0 Å². The Bertz CT molecular complexity index is 1220. The Hall–Kier alpha value is -2.41. The summed E-state index contributed by atoms with van der Waals surface area (Å²) in [4.78, 5) is 19.1. The Morgan fingerprint density at radius 1 is 0.892 bits per heavy atom. The minimum Gasteiger partial charge on any atom is -0.676 e. The third-order valence-electron chi connectivity index (χ3n) is 6.24. The van der Waals surface area contributed by atoms with Crippen LogP contribution in [0.25, 0.3) is 33.3 Å². The van der Waals surface area contributed by atoms with E-state index in [1.54, 1.807) is 24.3 Å². The number of fused-ring (bicyclic) bond motifs is 3. The Balaban J connectivity index is 0.000000288. The van der Waals surface area contributed by atoms with Gasteiger partial charge < -0.3 is 22.1 Å². The maximum Gasteiger partial charge on any atom is 2.00 e. The number of carboxylic acids is 1. The van der Waals surface area contributed by atoms with Crippen molar-refractivity contribution in [2.75, 3.05) is 0 Å². The number of aliphatic carboxylic acids is 1. The van der Waals surface area contributed by atoms with Crippen molar-refractivity contribution in [3.05, 3.63) is 94.1 Å². The van der Waals surface area contributed by atoms with Gasteiger partial charge in [-0.1, -0.05) is 61.5 Å². The first-order valence-corrected chi connectivity index (χ1v) is 12.1. The molecule has 2 aromatic carbocycles. The second-order valence-electron chi connectivity index (χ2n) is 8.74. The normalized spacial score (nSPS) is 16.2. The summed E-state index contributed by atoms with van der Waals surface area (Å²) < 4.78 is 0. The molecule has 0 bridgehead atoms. The van der Waals surface area contributed by atoms with Crippen molar-refractivity contribution >= 4 is 39.4 Å². The van der Waals surface area contributed by atoms with Crippen molar-refractivity contribution in [1.82, 2.24) is 9.97 Å². The van der Waals surface area contributed by atoms with Gasteiger partial charge in [0.25, 0.3) is 0 Å². The van der Waals surface area contributed by atoms with Crippen LogP contribution >= 0.6 is 11.6 Å². The quantitative estimate of drug-likeness (QED) is 0.226. The fraction of sp³-hybridized carbons (Fsp3) is 0.321. The number of aryl methyl sites for hydroxylation is 2. The first-order chi connectivity index (χ1) is 16.8. The Morgan fingerprint density at radius 3 is 1.70 bits per heavy atom. The van der Waals surface area contributed by atoms with Crippen LogP contribution in [0, 0.1) is 13.8 Å². The summed E-state index contributed by atoms with van der Waals surface area (Å²) in [5.41, 5.74) is 19.9. The van der Waals surface area contributed by atoms with E-state index in [9.17, 15) is 4.79 Å². The molecule has 4 aromatic rings. The zero-order valence-corrected chi connectivity index (χ0v) is 23.9. The van der Waals surface area contributed by atoms with Gasteiger partial charge in [0.1, 0.15) is 0 Å². The van der Waals surface area contributed by atoms with Gasteiger partial charge in [-0.3, -0.25) is 14.8 Å². The van der Waals surface area contributed by atoms with Gasteiger partial charge in [0, 0.05) is 28.2 Å². The molecule has 0 spiro atoms. The van der Waals surface area contributed by atoms with Crippen molar-refractivity contribution in [1.29, 1.82) is 0 Å². The number of hydrogen-bond acceptors (Lipinski definition) is 3. The fourth-order valence-electron chi connectivity index (χ4n) is 4.10. The number of nitrogens with one attached hydrogen (secondary N) is 2. The minimum atomic E-state index is -0.827. The summed E-state index contributed by atoms with van der Waals surface area (Å²) in [6, 6.07) is 14.8. The Morgan fingerprint density at radius 2 is 1.32 bits per heavy atom. The van der Waals surface area contributed by atoms with E-state index in [1.807, 2.05) is 24.5 Å². The van der Waals surface area contributed by atoms with E-state index in [4.69, 9.17) is 28.2 Å².